The minimum atomic E-state index is -2.87. The topological polar surface area (TPSA) is 55.4 Å². The van der Waals surface area contributed by atoms with Gasteiger partial charge >= 0.3 is 0 Å². The highest BCUT2D eigenvalue weighted by atomic mass is 32.2. The van der Waals surface area contributed by atoms with Crippen LogP contribution >= 0.6 is 0 Å². The van der Waals surface area contributed by atoms with E-state index in [1.807, 2.05) is 6.92 Å². The number of nitrogens with one attached hydrogen (secondary N) is 1. The minimum absolute atomic E-state index is 0.00877. The molecule has 0 spiro atoms. The van der Waals surface area contributed by atoms with Crippen molar-refractivity contribution in [3.8, 4) is 0 Å². The number of rotatable bonds is 9. The zero-order valence-corrected chi connectivity index (χ0v) is 11.1. The molecule has 0 heterocycles. The van der Waals surface area contributed by atoms with Gasteiger partial charge in [0, 0.05) is 24.9 Å². The van der Waals surface area contributed by atoms with Gasteiger partial charge in [-0.1, -0.05) is 6.92 Å². The molecular weight excluding hydrogens is 226 g/mol. The summed E-state index contributed by atoms with van der Waals surface area (Å²) in [6, 6.07) is 0.00877. The number of hydrogen-bond acceptors (Lipinski definition) is 4. The molecule has 1 atom stereocenters. The fourth-order valence-corrected chi connectivity index (χ4v) is 2.59. The molecule has 0 aromatic heterocycles. The smallest absolute Gasteiger partial charge is 0.151 e. The van der Waals surface area contributed by atoms with Crippen LogP contribution in [0.4, 0.5) is 0 Å². The van der Waals surface area contributed by atoms with Crippen LogP contribution in [0.1, 0.15) is 26.7 Å². The second-order valence-corrected chi connectivity index (χ2v) is 6.97. The minimum Gasteiger partial charge on any atom is -0.380 e. The van der Waals surface area contributed by atoms with Gasteiger partial charge in [0.1, 0.15) is 0 Å². The monoisotopic (exact) mass is 249 g/mol. The second kappa shape index (κ2) is 6.57. The van der Waals surface area contributed by atoms with Crippen molar-refractivity contribution in [1.29, 1.82) is 0 Å². The molecule has 1 aliphatic carbocycles. The van der Waals surface area contributed by atoms with Crippen molar-refractivity contribution in [2.24, 2.45) is 5.92 Å². The van der Waals surface area contributed by atoms with E-state index in [9.17, 15) is 8.42 Å². The summed E-state index contributed by atoms with van der Waals surface area (Å²) in [5.74, 6) is 1.22. The van der Waals surface area contributed by atoms with Gasteiger partial charge in [0.25, 0.3) is 0 Å². The summed E-state index contributed by atoms with van der Waals surface area (Å²) in [6.45, 7) is 5.85. The largest absolute Gasteiger partial charge is 0.380 e. The molecule has 0 radical (unpaired) electrons. The molecule has 1 fully saturated rings. The molecular formula is C11H23NO3S. The molecule has 1 unspecified atom stereocenters. The third kappa shape index (κ3) is 6.45. The predicted octanol–water partition coefficient (Wildman–Crippen LogP) is 0.826. The first-order chi connectivity index (χ1) is 7.53. The Bertz CT molecular complexity index is 286. The number of hydrogen-bond donors (Lipinski definition) is 1. The van der Waals surface area contributed by atoms with E-state index in [1.165, 1.54) is 12.8 Å². The van der Waals surface area contributed by atoms with Gasteiger partial charge < -0.3 is 10.1 Å². The first-order valence-electron chi connectivity index (χ1n) is 6.05. The van der Waals surface area contributed by atoms with Crippen LogP contribution in [0.25, 0.3) is 0 Å². The Labute approximate surface area is 98.7 Å². The Balaban J connectivity index is 1.98. The first-order valence-corrected chi connectivity index (χ1v) is 7.87. The van der Waals surface area contributed by atoms with Crippen molar-refractivity contribution < 1.29 is 13.2 Å². The van der Waals surface area contributed by atoms with E-state index >= 15 is 0 Å². The highest BCUT2D eigenvalue weighted by Gasteiger charge is 2.20. The zero-order valence-electron chi connectivity index (χ0n) is 10.2. The Morgan fingerprint density at radius 2 is 2.12 bits per heavy atom. The van der Waals surface area contributed by atoms with E-state index in [0.29, 0.717) is 6.61 Å². The molecule has 0 aromatic rings. The Hall–Kier alpha value is -0.130. The molecule has 0 amide bonds. The Morgan fingerprint density at radius 3 is 2.69 bits per heavy atom. The van der Waals surface area contributed by atoms with Gasteiger partial charge in [-0.25, -0.2) is 8.42 Å². The van der Waals surface area contributed by atoms with Crippen molar-refractivity contribution in [3.05, 3.63) is 0 Å². The van der Waals surface area contributed by atoms with Crippen molar-refractivity contribution in [1.82, 2.24) is 5.32 Å². The fourth-order valence-electron chi connectivity index (χ4n) is 1.47. The van der Waals surface area contributed by atoms with Gasteiger partial charge in [-0.05, 0) is 25.7 Å². The average Bonchev–Trinajstić information content (AvgIpc) is 3.00. The third-order valence-electron chi connectivity index (χ3n) is 2.73. The maximum Gasteiger partial charge on any atom is 0.151 e. The lowest BCUT2D eigenvalue weighted by molar-refractivity contribution is 0.125. The second-order valence-electron chi connectivity index (χ2n) is 4.57. The summed E-state index contributed by atoms with van der Waals surface area (Å²) in [6.07, 6.45) is 2.61. The average molecular weight is 249 g/mol. The molecule has 1 aliphatic rings. The van der Waals surface area contributed by atoms with Gasteiger partial charge in [-0.2, -0.15) is 0 Å². The molecule has 5 heteroatoms. The summed E-state index contributed by atoms with van der Waals surface area (Å²) in [7, 11) is -2.87. The summed E-state index contributed by atoms with van der Waals surface area (Å²) < 4.78 is 28.1. The van der Waals surface area contributed by atoms with Gasteiger partial charge in [0.05, 0.1) is 12.4 Å². The van der Waals surface area contributed by atoms with Crippen LogP contribution in [0, 0.1) is 5.92 Å². The van der Waals surface area contributed by atoms with Gasteiger partial charge in [0.2, 0.25) is 0 Å². The van der Waals surface area contributed by atoms with Crippen LogP contribution in [0.15, 0.2) is 0 Å². The highest BCUT2D eigenvalue weighted by molar-refractivity contribution is 7.91. The molecule has 0 aromatic carbocycles. The Morgan fingerprint density at radius 1 is 1.44 bits per heavy atom. The normalized spacial score (nSPS) is 18.6. The predicted molar refractivity (Wildman–Crippen MR) is 65.3 cm³/mol. The maximum atomic E-state index is 11.3. The summed E-state index contributed by atoms with van der Waals surface area (Å²) in [5.41, 5.74) is 0. The van der Waals surface area contributed by atoms with Crippen LogP contribution in [0.3, 0.4) is 0 Å². The van der Waals surface area contributed by atoms with Crippen LogP contribution in [-0.4, -0.2) is 45.7 Å². The third-order valence-corrected chi connectivity index (χ3v) is 4.62. The summed E-state index contributed by atoms with van der Waals surface area (Å²) >= 11 is 0. The first kappa shape index (κ1) is 13.9. The lowest BCUT2D eigenvalue weighted by atomic mass is 10.4. The standard InChI is InChI=1S/C11H23NO3S/c1-3-16(13,14)9-10(2)12-6-7-15-8-11-4-5-11/h10-12H,3-9H2,1-2H3. The van der Waals surface area contributed by atoms with E-state index in [1.54, 1.807) is 6.92 Å². The lowest BCUT2D eigenvalue weighted by Crippen LogP contribution is -2.35. The van der Waals surface area contributed by atoms with Gasteiger partial charge in [-0.3, -0.25) is 0 Å². The Kier molecular flexibility index (Phi) is 5.72. The SMILES string of the molecule is CCS(=O)(=O)CC(C)NCCOCC1CC1. The maximum absolute atomic E-state index is 11.3. The van der Waals surface area contributed by atoms with Gasteiger partial charge in [-0.15, -0.1) is 0 Å². The van der Waals surface area contributed by atoms with Gasteiger partial charge in [0.15, 0.2) is 9.84 Å². The van der Waals surface area contributed by atoms with Crippen LogP contribution in [-0.2, 0) is 14.6 Å². The molecule has 16 heavy (non-hydrogen) atoms. The van der Waals surface area contributed by atoms with Crippen LogP contribution in [0.5, 0.6) is 0 Å². The van der Waals surface area contributed by atoms with Crippen molar-refractivity contribution in [2.75, 3.05) is 31.3 Å². The quantitative estimate of drug-likeness (QED) is 0.615. The van der Waals surface area contributed by atoms with Crippen molar-refractivity contribution >= 4 is 9.84 Å². The summed E-state index contributed by atoms with van der Waals surface area (Å²) in [5, 5.41) is 3.16. The highest BCUT2D eigenvalue weighted by Crippen LogP contribution is 2.28. The van der Waals surface area contributed by atoms with Crippen LogP contribution in [0.2, 0.25) is 0 Å². The van der Waals surface area contributed by atoms with E-state index in [-0.39, 0.29) is 17.5 Å². The van der Waals surface area contributed by atoms with Crippen molar-refractivity contribution in [3.63, 3.8) is 0 Å². The molecule has 4 nitrogen and oxygen atoms in total. The van der Waals surface area contributed by atoms with E-state index in [4.69, 9.17) is 4.74 Å². The molecule has 1 N–H and O–H groups in total. The molecule has 0 saturated heterocycles. The summed E-state index contributed by atoms with van der Waals surface area (Å²) in [4.78, 5) is 0. The van der Waals surface area contributed by atoms with E-state index in [0.717, 1.165) is 19.1 Å². The fraction of sp³-hybridized carbons (Fsp3) is 1.00. The molecule has 1 rings (SSSR count). The molecule has 96 valence electrons. The van der Waals surface area contributed by atoms with Crippen LogP contribution < -0.4 is 5.32 Å². The lowest BCUT2D eigenvalue weighted by Gasteiger charge is -2.13. The van der Waals surface area contributed by atoms with Crippen molar-refractivity contribution in [2.45, 2.75) is 32.7 Å². The number of sulfone groups is 1. The molecule has 0 aliphatic heterocycles. The van der Waals surface area contributed by atoms with E-state index < -0.39 is 9.84 Å². The molecule has 1 saturated carbocycles. The van der Waals surface area contributed by atoms with E-state index in [2.05, 4.69) is 5.32 Å². The molecule has 0 bridgehead atoms. The number of ether oxygens (including phenoxy) is 1. The zero-order chi connectivity index (χ0) is 12.0.